The Morgan fingerprint density at radius 3 is 2.33 bits per heavy atom. The molecule has 0 spiro atoms. The molecule has 0 radical (unpaired) electrons. The van der Waals surface area contributed by atoms with E-state index in [9.17, 15) is 38.2 Å². The van der Waals surface area contributed by atoms with Gasteiger partial charge in [0, 0.05) is 49.5 Å². The maximum Gasteiger partial charge on any atom is 0.586 e. The Bertz CT molecular complexity index is 2540. The smallest absolute Gasteiger partial charge is 0.505 e. The Morgan fingerprint density at radius 2 is 1.64 bits per heavy atom. The summed E-state index contributed by atoms with van der Waals surface area (Å²) in [6, 6.07) is 14.3. The molecule has 64 heavy (non-hydrogen) atoms. The van der Waals surface area contributed by atoms with Crippen molar-refractivity contribution in [3.63, 3.8) is 0 Å². The molecule has 1 fully saturated rings. The van der Waals surface area contributed by atoms with Crippen molar-refractivity contribution in [3.8, 4) is 27.7 Å². The average Bonchev–Trinajstić information content (AvgIpc) is 3.96. The number of nitrogens with zero attached hydrogens (tertiary/aromatic N) is 3. The summed E-state index contributed by atoms with van der Waals surface area (Å²) < 4.78 is 37.0. The molecule has 3 aromatic carbocycles. The van der Waals surface area contributed by atoms with Crippen molar-refractivity contribution in [2.45, 2.75) is 110 Å². The Kier molecular flexibility index (Phi) is 13.5. The van der Waals surface area contributed by atoms with E-state index in [0.717, 1.165) is 27.3 Å². The molecule has 1 unspecified atom stereocenters. The van der Waals surface area contributed by atoms with E-state index in [1.54, 1.807) is 29.0 Å². The number of ether oxygens (including phenoxy) is 2. The van der Waals surface area contributed by atoms with Gasteiger partial charge < -0.3 is 40.5 Å². The standard InChI is InChI=1S/C47H52F2N6O8S/c1-26-20-33(41(59)40-32(26)10-9-19-50-40)39(30-17-18-35-36(21-30)63-47(48,49)62-35)53-37(57)11-7-6-8-12-38(58)54-43(46(3,4)5)45(61)55-24-31(56)22-34(55)44(60)51-23-28-13-15-29(16-14-28)42-27(2)52-25-64-42/h9-10,13-21,25,31,34,39,43,56,59H,6-8,11-12,22-24H2,1-5H3,(H,51,60)(H,53,57)(H,54,58)/t31-,34+,39?,43-/m0/s1. The molecule has 2 aromatic heterocycles. The van der Waals surface area contributed by atoms with Crippen LogP contribution in [-0.2, 0) is 25.7 Å². The highest BCUT2D eigenvalue weighted by Gasteiger charge is 2.45. The highest BCUT2D eigenvalue weighted by atomic mass is 32.1. The van der Waals surface area contributed by atoms with E-state index in [2.05, 4.69) is 35.4 Å². The van der Waals surface area contributed by atoms with Gasteiger partial charge in [-0.15, -0.1) is 20.1 Å². The zero-order valence-corrected chi connectivity index (χ0v) is 37.1. The number of pyridine rings is 1. The van der Waals surface area contributed by atoms with Gasteiger partial charge in [0.1, 0.15) is 23.3 Å². The van der Waals surface area contributed by atoms with Gasteiger partial charge in [-0.1, -0.05) is 63.6 Å². The number of unbranched alkanes of at least 4 members (excludes halogenated alkanes) is 2. The van der Waals surface area contributed by atoms with Gasteiger partial charge in [0.15, 0.2) is 11.5 Å². The fourth-order valence-corrected chi connectivity index (χ4v) is 8.94. The number of aryl methyl sites for hydroxylation is 2. The lowest BCUT2D eigenvalue weighted by Gasteiger charge is -2.35. The molecular formula is C47H52F2N6O8S. The minimum atomic E-state index is -3.85. The first-order valence-corrected chi connectivity index (χ1v) is 22.1. The fraction of sp³-hybridized carbons (Fsp3) is 0.404. The van der Waals surface area contributed by atoms with Crippen LogP contribution >= 0.6 is 11.3 Å². The van der Waals surface area contributed by atoms with Crippen molar-refractivity contribution < 1.29 is 47.6 Å². The molecule has 2 aliphatic heterocycles. The van der Waals surface area contributed by atoms with Gasteiger partial charge in [-0.3, -0.25) is 24.2 Å². The third kappa shape index (κ3) is 10.4. The van der Waals surface area contributed by atoms with Gasteiger partial charge in [-0.05, 0) is 78.6 Å². The zero-order valence-electron chi connectivity index (χ0n) is 36.2. The van der Waals surface area contributed by atoms with Crippen LogP contribution in [0.4, 0.5) is 8.78 Å². The number of aromatic nitrogens is 2. The number of aromatic hydroxyl groups is 1. The van der Waals surface area contributed by atoms with Crippen molar-refractivity contribution in [3.05, 3.63) is 100 Å². The molecule has 1 saturated heterocycles. The van der Waals surface area contributed by atoms with E-state index in [-0.39, 0.29) is 61.4 Å². The molecule has 17 heteroatoms. The maximum atomic E-state index is 14.1. The van der Waals surface area contributed by atoms with Crippen molar-refractivity contribution in [2.24, 2.45) is 5.41 Å². The van der Waals surface area contributed by atoms with E-state index in [1.165, 1.54) is 29.3 Å². The van der Waals surface area contributed by atoms with Crippen molar-refractivity contribution >= 4 is 45.9 Å². The molecule has 4 amide bonds. The molecular weight excluding hydrogens is 847 g/mol. The number of alkyl halides is 2. The van der Waals surface area contributed by atoms with E-state index >= 15 is 0 Å². The number of nitrogens with one attached hydrogen (secondary N) is 3. The molecule has 2 aliphatic rings. The number of β-amino-alcohol motifs (C(OH)–C–C–N with tert-alkyl or cyclic N) is 1. The summed E-state index contributed by atoms with van der Waals surface area (Å²) in [5.41, 5.74) is 5.66. The lowest BCUT2D eigenvalue weighted by atomic mass is 9.85. The SMILES string of the molecule is Cc1ncsc1-c1ccc(CNC(=O)[C@H]2C[C@H](O)CN2C(=O)[C@H](NC(=O)CCCCCC(=O)NC(c2ccc3c(c2)OC(F)(F)O3)c2cc(C)c3cccnc3c2O)C(C)(C)C)cc1. The monoisotopic (exact) mass is 898 g/mol. The molecule has 0 bridgehead atoms. The van der Waals surface area contributed by atoms with Crippen LogP contribution in [0.1, 0.15) is 93.3 Å². The largest absolute Gasteiger partial charge is 0.586 e. The van der Waals surface area contributed by atoms with Crippen molar-refractivity contribution in [2.75, 3.05) is 6.54 Å². The summed E-state index contributed by atoms with van der Waals surface area (Å²) in [4.78, 5) is 65.4. The lowest BCUT2D eigenvalue weighted by molar-refractivity contribution is -0.286. The number of rotatable bonds is 15. The van der Waals surface area contributed by atoms with Crippen LogP contribution in [0.5, 0.6) is 17.2 Å². The van der Waals surface area contributed by atoms with E-state index in [4.69, 9.17) is 0 Å². The van der Waals surface area contributed by atoms with Gasteiger partial charge in [-0.2, -0.15) is 0 Å². The van der Waals surface area contributed by atoms with Crippen molar-refractivity contribution in [1.29, 1.82) is 0 Å². The second kappa shape index (κ2) is 18.9. The zero-order chi connectivity index (χ0) is 45.9. The Balaban J connectivity index is 0.927. The molecule has 5 aromatic rings. The fourth-order valence-electron chi connectivity index (χ4n) is 8.13. The number of thiazole rings is 1. The molecule has 7 rings (SSSR count). The van der Waals surface area contributed by atoms with Gasteiger partial charge in [-0.25, -0.2) is 4.98 Å². The third-order valence-electron chi connectivity index (χ3n) is 11.5. The number of hydrogen-bond donors (Lipinski definition) is 5. The number of hydrogen-bond acceptors (Lipinski definition) is 11. The number of aliphatic hydroxyl groups excluding tert-OH is 1. The summed E-state index contributed by atoms with van der Waals surface area (Å²) in [7, 11) is 0. The van der Waals surface area contributed by atoms with Gasteiger partial charge in [0.25, 0.3) is 0 Å². The van der Waals surface area contributed by atoms with Crippen LogP contribution in [0.2, 0.25) is 0 Å². The van der Waals surface area contributed by atoms with E-state index in [0.29, 0.717) is 41.3 Å². The quantitative estimate of drug-likeness (QED) is 0.0686. The maximum absolute atomic E-state index is 14.1. The normalized spacial score (nSPS) is 17.5. The summed E-state index contributed by atoms with van der Waals surface area (Å²) in [5.74, 6) is -2.19. The number of carbonyl (C=O) groups is 4. The second-order valence-electron chi connectivity index (χ2n) is 17.4. The predicted octanol–water partition coefficient (Wildman–Crippen LogP) is 6.97. The first-order chi connectivity index (χ1) is 30.4. The number of carbonyl (C=O) groups excluding carboxylic acids is 4. The predicted molar refractivity (Wildman–Crippen MR) is 236 cm³/mol. The average molecular weight is 899 g/mol. The Morgan fingerprint density at radius 1 is 0.938 bits per heavy atom. The summed E-state index contributed by atoms with van der Waals surface area (Å²) in [6.07, 6.45) is -1.76. The summed E-state index contributed by atoms with van der Waals surface area (Å²) in [6.45, 7) is 9.41. The van der Waals surface area contributed by atoms with Crippen LogP contribution in [0, 0.1) is 19.3 Å². The molecule has 14 nitrogen and oxygen atoms in total. The van der Waals surface area contributed by atoms with E-state index < -0.39 is 47.8 Å². The Hall–Kier alpha value is -6.20. The molecule has 5 N–H and O–H groups in total. The molecule has 4 heterocycles. The van der Waals surface area contributed by atoms with Crippen LogP contribution in [0.3, 0.4) is 0 Å². The molecule has 0 aliphatic carbocycles. The lowest BCUT2D eigenvalue weighted by Crippen LogP contribution is -2.57. The number of benzene rings is 3. The third-order valence-corrected chi connectivity index (χ3v) is 12.5. The highest BCUT2D eigenvalue weighted by molar-refractivity contribution is 7.13. The van der Waals surface area contributed by atoms with Crippen LogP contribution < -0.4 is 25.4 Å². The van der Waals surface area contributed by atoms with Gasteiger partial charge in [0.05, 0.1) is 28.2 Å². The van der Waals surface area contributed by atoms with Gasteiger partial charge >= 0.3 is 6.29 Å². The van der Waals surface area contributed by atoms with Crippen LogP contribution in [0.25, 0.3) is 21.3 Å². The summed E-state index contributed by atoms with van der Waals surface area (Å²) in [5, 5.41) is 31.4. The second-order valence-corrected chi connectivity index (χ2v) is 18.3. The van der Waals surface area contributed by atoms with E-state index in [1.807, 2.05) is 65.0 Å². The topological polar surface area (TPSA) is 192 Å². The summed E-state index contributed by atoms with van der Waals surface area (Å²) >= 11 is 1.56. The highest BCUT2D eigenvalue weighted by Crippen LogP contribution is 2.44. The van der Waals surface area contributed by atoms with Crippen molar-refractivity contribution in [1.82, 2.24) is 30.8 Å². The van der Waals surface area contributed by atoms with Gasteiger partial charge in [0.2, 0.25) is 23.6 Å². The molecule has 0 saturated carbocycles. The van der Waals surface area contributed by atoms with Crippen LogP contribution in [-0.4, -0.2) is 79.7 Å². The Labute approximate surface area is 373 Å². The number of phenolic OH excluding ortho intramolecular Hbond substituents is 1. The van der Waals surface area contributed by atoms with Crippen LogP contribution in [0.15, 0.2) is 72.4 Å². The molecule has 4 atom stereocenters. The minimum Gasteiger partial charge on any atom is -0.505 e. The minimum absolute atomic E-state index is 0.0488. The number of likely N-dealkylation sites (tertiary alicyclic amines) is 1. The molecule has 338 valence electrons. The number of phenols is 1. The number of aliphatic hydroxyl groups is 1. The number of fused-ring (bicyclic) bond motifs is 2. The number of halogens is 2. The number of amides is 4. The first-order valence-electron chi connectivity index (χ1n) is 21.2. The first kappa shape index (κ1) is 45.8.